The number of hydrogen-bond donors (Lipinski definition) is 2. The van der Waals surface area contributed by atoms with Gasteiger partial charge in [-0.05, 0) is 91.6 Å². The second-order valence-corrected chi connectivity index (χ2v) is 17.2. The number of aliphatic hydroxyl groups excluding tert-OH is 1. The summed E-state index contributed by atoms with van der Waals surface area (Å²) in [6, 6.07) is 5.99. The minimum atomic E-state index is -1.84. The average molecular weight is 505 g/mol. The van der Waals surface area contributed by atoms with E-state index in [-0.39, 0.29) is 23.9 Å². The fourth-order valence-electron chi connectivity index (χ4n) is 5.93. The molecule has 0 aromatic heterocycles. The van der Waals surface area contributed by atoms with Crippen molar-refractivity contribution in [1.29, 1.82) is 0 Å². The van der Waals surface area contributed by atoms with Gasteiger partial charge in [0.05, 0.1) is 6.10 Å². The molecule has 0 unspecified atom stereocenters. The van der Waals surface area contributed by atoms with E-state index in [1.807, 2.05) is 12.1 Å². The van der Waals surface area contributed by atoms with Crippen LogP contribution in [0.3, 0.4) is 0 Å². The molecule has 5 atom stereocenters. The zero-order valence-electron chi connectivity index (χ0n) is 22.8. The van der Waals surface area contributed by atoms with Crippen LogP contribution in [0.25, 0.3) is 0 Å². The first-order valence-electron chi connectivity index (χ1n) is 13.7. The number of benzene rings is 1. The molecule has 0 saturated heterocycles. The number of carboxylic acids is 1. The standard InChI is InChI=1S/C29H48O5Si/c1-7-8-9-12-22(34-35(5,6)29(2,3)4)14-15-23-24-16-20-11-10-13-27(33-19-28(31)32)25(20)17-21(24)18-26(23)30/h10-11,13,21-24,26,30H,7-9,12,14-19H2,1-6H3,(H,31,32)/t21-,22-,23+,24-,26+/m0/s1. The Hall–Kier alpha value is -1.37. The quantitative estimate of drug-likeness (QED) is 0.247. The number of rotatable bonds is 12. The lowest BCUT2D eigenvalue weighted by molar-refractivity contribution is -0.139. The van der Waals surface area contributed by atoms with Crippen LogP contribution >= 0.6 is 0 Å². The summed E-state index contributed by atoms with van der Waals surface area (Å²) in [5.41, 5.74) is 2.40. The van der Waals surface area contributed by atoms with Crippen molar-refractivity contribution in [3.05, 3.63) is 29.3 Å². The van der Waals surface area contributed by atoms with E-state index < -0.39 is 14.3 Å². The molecule has 1 aromatic carbocycles. The van der Waals surface area contributed by atoms with E-state index in [1.54, 1.807) is 0 Å². The second kappa shape index (κ2) is 11.8. The first-order valence-corrected chi connectivity index (χ1v) is 16.6. The van der Waals surface area contributed by atoms with E-state index in [4.69, 9.17) is 14.3 Å². The van der Waals surface area contributed by atoms with Gasteiger partial charge in [0, 0.05) is 6.10 Å². The molecule has 1 fully saturated rings. The largest absolute Gasteiger partial charge is 0.482 e. The van der Waals surface area contributed by atoms with Gasteiger partial charge in [0.2, 0.25) is 0 Å². The molecule has 35 heavy (non-hydrogen) atoms. The predicted octanol–water partition coefficient (Wildman–Crippen LogP) is 6.61. The van der Waals surface area contributed by atoms with Crippen molar-refractivity contribution >= 4 is 14.3 Å². The smallest absolute Gasteiger partial charge is 0.341 e. The Balaban J connectivity index is 1.69. The van der Waals surface area contributed by atoms with E-state index in [0.717, 1.165) is 44.1 Å². The van der Waals surface area contributed by atoms with Crippen LogP contribution in [0.2, 0.25) is 18.1 Å². The van der Waals surface area contributed by atoms with Crippen molar-refractivity contribution in [3.63, 3.8) is 0 Å². The lowest BCUT2D eigenvalue weighted by atomic mass is 9.73. The summed E-state index contributed by atoms with van der Waals surface area (Å²) in [6.45, 7) is 13.6. The zero-order chi connectivity index (χ0) is 25.8. The van der Waals surface area contributed by atoms with Gasteiger partial charge in [0.25, 0.3) is 0 Å². The first-order chi connectivity index (χ1) is 16.4. The number of fused-ring (bicyclic) bond motifs is 2. The molecule has 0 amide bonds. The fourth-order valence-corrected chi connectivity index (χ4v) is 7.36. The molecule has 1 aromatic rings. The first kappa shape index (κ1) is 28.2. The summed E-state index contributed by atoms with van der Waals surface area (Å²) in [4.78, 5) is 11.0. The number of carbonyl (C=O) groups is 1. The molecule has 0 bridgehead atoms. The van der Waals surface area contributed by atoms with Crippen molar-refractivity contribution in [1.82, 2.24) is 0 Å². The second-order valence-electron chi connectivity index (χ2n) is 12.4. The molecule has 2 aliphatic carbocycles. The molecule has 0 aliphatic heterocycles. The Kier molecular flexibility index (Phi) is 9.49. The third kappa shape index (κ3) is 7.11. The van der Waals surface area contributed by atoms with Crippen LogP contribution in [0, 0.1) is 17.8 Å². The maximum atomic E-state index is 11.1. The van der Waals surface area contributed by atoms with Crippen LogP contribution in [-0.4, -0.2) is 43.3 Å². The van der Waals surface area contributed by atoms with Gasteiger partial charge in [-0.15, -0.1) is 0 Å². The summed E-state index contributed by atoms with van der Waals surface area (Å²) >= 11 is 0. The van der Waals surface area contributed by atoms with E-state index in [1.165, 1.54) is 24.8 Å². The minimum absolute atomic E-state index is 0.196. The highest BCUT2D eigenvalue weighted by molar-refractivity contribution is 6.74. The molecule has 0 radical (unpaired) electrons. The van der Waals surface area contributed by atoms with Gasteiger partial charge in [-0.2, -0.15) is 0 Å². The minimum Gasteiger partial charge on any atom is -0.482 e. The van der Waals surface area contributed by atoms with E-state index in [9.17, 15) is 9.90 Å². The molecule has 3 rings (SSSR count). The Labute approximate surface area is 213 Å². The summed E-state index contributed by atoms with van der Waals surface area (Å²) in [7, 11) is -1.84. The molecule has 1 saturated carbocycles. The van der Waals surface area contributed by atoms with Crippen molar-refractivity contribution in [2.45, 2.75) is 116 Å². The number of carboxylic acid groups (broad SMARTS) is 1. The summed E-state index contributed by atoms with van der Waals surface area (Å²) in [5, 5.41) is 20.3. The Morgan fingerprint density at radius 3 is 2.57 bits per heavy atom. The predicted molar refractivity (Wildman–Crippen MR) is 144 cm³/mol. The zero-order valence-corrected chi connectivity index (χ0v) is 23.8. The van der Waals surface area contributed by atoms with Gasteiger partial charge in [0.1, 0.15) is 5.75 Å². The highest BCUT2D eigenvalue weighted by atomic mass is 28.4. The molecule has 2 N–H and O–H groups in total. The molecular weight excluding hydrogens is 456 g/mol. The van der Waals surface area contributed by atoms with Crippen molar-refractivity contribution in [2.24, 2.45) is 17.8 Å². The number of aliphatic hydroxyl groups is 1. The molecular formula is C29H48O5Si. The van der Waals surface area contributed by atoms with E-state index >= 15 is 0 Å². The fraction of sp³-hybridized carbons (Fsp3) is 0.759. The van der Waals surface area contributed by atoms with Gasteiger partial charge in [-0.25, -0.2) is 4.79 Å². The molecule has 0 heterocycles. The number of aliphatic carboxylic acids is 1. The van der Waals surface area contributed by atoms with Crippen LogP contribution in [0.1, 0.15) is 83.8 Å². The molecule has 0 spiro atoms. The normalized spacial score (nSPS) is 25.1. The van der Waals surface area contributed by atoms with Crippen LogP contribution in [-0.2, 0) is 22.1 Å². The lowest BCUT2D eigenvalue weighted by Gasteiger charge is -2.40. The van der Waals surface area contributed by atoms with Crippen LogP contribution < -0.4 is 4.74 Å². The number of hydrogen-bond acceptors (Lipinski definition) is 4. The summed E-state index contributed by atoms with van der Waals surface area (Å²) in [6.07, 6.45) is 9.46. The van der Waals surface area contributed by atoms with Gasteiger partial charge >= 0.3 is 5.97 Å². The summed E-state index contributed by atoms with van der Waals surface area (Å²) in [5.74, 6) is 0.933. The van der Waals surface area contributed by atoms with E-state index in [2.05, 4.69) is 46.9 Å². The van der Waals surface area contributed by atoms with Gasteiger partial charge in [-0.3, -0.25) is 0 Å². The highest BCUT2D eigenvalue weighted by Gasteiger charge is 2.45. The lowest BCUT2D eigenvalue weighted by Crippen LogP contribution is -2.44. The monoisotopic (exact) mass is 504 g/mol. The third-order valence-corrected chi connectivity index (χ3v) is 13.5. The molecule has 198 valence electrons. The SMILES string of the molecule is CCCCC[C@@H](CC[C@@H]1[C@H]2Cc3cccc(OCC(=O)O)c3C[C@H]2C[C@H]1O)O[Si](C)(C)C(C)(C)C. The number of ether oxygens (including phenoxy) is 1. The maximum absolute atomic E-state index is 11.1. The molecule has 2 aliphatic rings. The van der Waals surface area contributed by atoms with Gasteiger partial charge in [0.15, 0.2) is 14.9 Å². The summed E-state index contributed by atoms with van der Waals surface area (Å²) < 4.78 is 12.5. The Morgan fingerprint density at radius 2 is 1.91 bits per heavy atom. The van der Waals surface area contributed by atoms with Crippen LogP contribution in [0.5, 0.6) is 5.75 Å². The average Bonchev–Trinajstić information content (AvgIpc) is 3.07. The maximum Gasteiger partial charge on any atom is 0.341 e. The van der Waals surface area contributed by atoms with Crippen molar-refractivity contribution in [3.8, 4) is 5.75 Å². The van der Waals surface area contributed by atoms with Crippen LogP contribution in [0.15, 0.2) is 18.2 Å². The van der Waals surface area contributed by atoms with Gasteiger partial charge in [-0.1, -0.05) is 59.1 Å². The Bertz CT molecular complexity index is 846. The van der Waals surface area contributed by atoms with Crippen molar-refractivity contribution in [2.75, 3.05) is 6.61 Å². The van der Waals surface area contributed by atoms with Gasteiger partial charge < -0.3 is 19.4 Å². The Morgan fingerprint density at radius 1 is 1.17 bits per heavy atom. The van der Waals surface area contributed by atoms with Crippen molar-refractivity contribution < 1.29 is 24.2 Å². The topological polar surface area (TPSA) is 76.0 Å². The van der Waals surface area contributed by atoms with E-state index in [0.29, 0.717) is 23.5 Å². The highest BCUT2D eigenvalue weighted by Crippen LogP contribution is 2.49. The molecule has 5 nitrogen and oxygen atoms in total. The van der Waals surface area contributed by atoms with Crippen LogP contribution in [0.4, 0.5) is 0 Å². The third-order valence-electron chi connectivity index (χ3n) is 8.92. The molecule has 6 heteroatoms. The number of unbranched alkanes of at least 4 members (excludes halogenated alkanes) is 2.